The molecule has 3 heterocycles. The predicted octanol–water partition coefficient (Wildman–Crippen LogP) is 2.72. The molecule has 2 N–H and O–H groups in total. The average Bonchev–Trinajstić information content (AvgIpc) is 3.25. The lowest BCUT2D eigenvalue weighted by molar-refractivity contribution is -0.115. The molecular formula is C17H22N6O2. The largest absolute Gasteiger partial charge is 0.461 e. The summed E-state index contributed by atoms with van der Waals surface area (Å²) >= 11 is 0. The van der Waals surface area contributed by atoms with E-state index >= 15 is 0 Å². The fourth-order valence-electron chi connectivity index (χ4n) is 2.68. The predicted molar refractivity (Wildman–Crippen MR) is 93.0 cm³/mol. The third kappa shape index (κ3) is 3.78. The van der Waals surface area contributed by atoms with Crippen molar-refractivity contribution in [2.75, 3.05) is 5.32 Å². The van der Waals surface area contributed by atoms with Crippen molar-refractivity contribution in [3.05, 3.63) is 35.3 Å². The Labute approximate surface area is 145 Å². The van der Waals surface area contributed by atoms with Gasteiger partial charge < -0.3 is 4.42 Å². The summed E-state index contributed by atoms with van der Waals surface area (Å²) in [6, 6.07) is 3.53. The minimum absolute atomic E-state index is 0.180. The molecule has 0 spiro atoms. The van der Waals surface area contributed by atoms with Crippen molar-refractivity contribution >= 4 is 11.9 Å². The Morgan fingerprint density at radius 3 is 2.88 bits per heavy atom. The molecule has 0 aliphatic carbocycles. The van der Waals surface area contributed by atoms with Crippen molar-refractivity contribution in [2.24, 2.45) is 5.92 Å². The first kappa shape index (κ1) is 16.9. The molecule has 8 heteroatoms. The van der Waals surface area contributed by atoms with E-state index in [1.807, 2.05) is 18.5 Å². The van der Waals surface area contributed by atoms with Gasteiger partial charge in [0.25, 0.3) is 0 Å². The van der Waals surface area contributed by atoms with Gasteiger partial charge in [0.1, 0.15) is 0 Å². The number of aromatic nitrogens is 5. The van der Waals surface area contributed by atoms with Gasteiger partial charge >= 0.3 is 0 Å². The lowest BCUT2D eigenvalue weighted by Gasteiger charge is -2.07. The summed E-state index contributed by atoms with van der Waals surface area (Å²) in [6.45, 7) is 9.04. The molecule has 25 heavy (non-hydrogen) atoms. The Morgan fingerprint density at radius 2 is 2.20 bits per heavy atom. The lowest BCUT2D eigenvalue weighted by atomic mass is 10.1. The lowest BCUT2D eigenvalue weighted by Crippen LogP contribution is -2.16. The standard InChI is InChI=1S/C17H22N6O2/c1-10(2)9-23-12(4)13(11(3)22-23)8-15(24)18-17-19-16(20-21-17)14-6-5-7-25-14/h5-7,10H,8-9H2,1-4H3,(H2,18,19,20,21,24). The highest BCUT2D eigenvalue weighted by atomic mass is 16.3. The first-order valence-electron chi connectivity index (χ1n) is 8.23. The highest BCUT2D eigenvalue weighted by Gasteiger charge is 2.17. The fraction of sp³-hybridized carbons (Fsp3) is 0.412. The topological polar surface area (TPSA) is 102 Å². The van der Waals surface area contributed by atoms with Gasteiger partial charge in [0.2, 0.25) is 11.9 Å². The smallest absolute Gasteiger partial charge is 0.249 e. The molecule has 132 valence electrons. The SMILES string of the molecule is Cc1nn(CC(C)C)c(C)c1CC(=O)Nc1n[nH]c(-c2ccco2)n1. The number of hydrogen-bond acceptors (Lipinski definition) is 5. The highest BCUT2D eigenvalue weighted by Crippen LogP contribution is 2.18. The summed E-state index contributed by atoms with van der Waals surface area (Å²) < 4.78 is 7.20. The molecule has 0 saturated heterocycles. The van der Waals surface area contributed by atoms with Crippen LogP contribution >= 0.6 is 0 Å². The highest BCUT2D eigenvalue weighted by molar-refractivity contribution is 5.91. The third-order valence-electron chi connectivity index (χ3n) is 3.90. The zero-order chi connectivity index (χ0) is 18.0. The van der Waals surface area contributed by atoms with Crippen LogP contribution in [-0.2, 0) is 17.8 Å². The van der Waals surface area contributed by atoms with Gasteiger partial charge in [-0.15, -0.1) is 5.10 Å². The molecule has 3 rings (SSSR count). The molecule has 0 atom stereocenters. The van der Waals surface area contributed by atoms with Gasteiger partial charge in [-0.3, -0.25) is 19.9 Å². The van der Waals surface area contributed by atoms with Crippen LogP contribution in [0.3, 0.4) is 0 Å². The van der Waals surface area contributed by atoms with E-state index < -0.39 is 0 Å². The number of carbonyl (C=O) groups is 1. The van der Waals surface area contributed by atoms with E-state index in [1.54, 1.807) is 18.4 Å². The molecule has 0 aromatic carbocycles. The van der Waals surface area contributed by atoms with Gasteiger partial charge in [-0.2, -0.15) is 10.1 Å². The van der Waals surface area contributed by atoms with Crippen LogP contribution < -0.4 is 5.32 Å². The van der Waals surface area contributed by atoms with E-state index in [9.17, 15) is 4.79 Å². The number of rotatable bonds is 6. The van der Waals surface area contributed by atoms with Crippen LogP contribution in [0.2, 0.25) is 0 Å². The van der Waals surface area contributed by atoms with Gasteiger partial charge in [-0.05, 0) is 31.9 Å². The van der Waals surface area contributed by atoms with Gasteiger partial charge in [0.05, 0.1) is 18.4 Å². The number of carbonyl (C=O) groups excluding carboxylic acids is 1. The zero-order valence-electron chi connectivity index (χ0n) is 14.8. The Bertz CT molecular complexity index is 860. The fourth-order valence-corrected chi connectivity index (χ4v) is 2.68. The quantitative estimate of drug-likeness (QED) is 0.717. The first-order valence-corrected chi connectivity index (χ1v) is 8.23. The van der Waals surface area contributed by atoms with Crippen molar-refractivity contribution in [1.29, 1.82) is 0 Å². The van der Waals surface area contributed by atoms with Crippen molar-refractivity contribution in [1.82, 2.24) is 25.0 Å². The number of aryl methyl sites for hydroxylation is 1. The van der Waals surface area contributed by atoms with Crippen LogP contribution in [0.25, 0.3) is 11.6 Å². The minimum atomic E-state index is -0.180. The molecular weight excluding hydrogens is 320 g/mol. The van der Waals surface area contributed by atoms with Crippen LogP contribution in [0.5, 0.6) is 0 Å². The molecule has 0 bridgehead atoms. The van der Waals surface area contributed by atoms with E-state index in [-0.39, 0.29) is 18.3 Å². The van der Waals surface area contributed by atoms with Crippen molar-refractivity contribution in [2.45, 2.75) is 40.7 Å². The summed E-state index contributed by atoms with van der Waals surface area (Å²) in [7, 11) is 0. The van der Waals surface area contributed by atoms with Crippen LogP contribution in [-0.4, -0.2) is 30.9 Å². The molecule has 8 nitrogen and oxygen atoms in total. The van der Waals surface area contributed by atoms with Crippen LogP contribution in [0, 0.1) is 19.8 Å². The molecule has 0 fully saturated rings. The second-order valence-corrected chi connectivity index (χ2v) is 6.44. The zero-order valence-corrected chi connectivity index (χ0v) is 14.8. The maximum atomic E-state index is 12.3. The number of furan rings is 1. The van der Waals surface area contributed by atoms with Gasteiger partial charge in [-0.1, -0.05) is 13.8 Å². The van der Waals surface area contributed by atoms with E-state index in [0.29, 0.717) is 17.5 Å². The molecule has 0 saturated carbocycles. The van der Waals surface area contributed by atoms with Gasteiger partial charge in [-0.25, -0.2) is 0 Å². The number of nitrogens with zero attached hydrogens (tertiary/aromatic N) is 4. The van der Waals surface area contributed by atoms with Gasteiger partial charge in [0.15, 0.2) is 11.6 Å². The summed E-state index contributed by atoms with van der Waals surface area (Å²) in [6.07, 6.45) is 1.79. The van der Waals surface area contributed by atoms with Crippen LogP contribution in [0.4, 0.5) is 5.95 Å². The normalized spacial score (nSPS) is 11.2. The van der Waals surface area contributed by atoms with Crippen molar-refractivity contribution < 1.29 is 9.21 Å². The van der Waals surface area contributed by atoms with Crippen LogP contribution in [0.15, 0.2) is 22.8 Å². The number of anilines is 1. The summed E-state index contributed by atoms with van der Waals surface area (Å²) in [5.41, 5.74) is 2.84. The van der Waals surface area contributed by atoms with Crippen molar-refractivity contribution in [3.8, 4) is 11.6 Å². The molecule has 1 amide bonds. The summed E-state index contributed by atoms with van der Waals surface area (Å²) in [4.78, 5) is 16.6. The van der Waals surface area contributed by atoms with E-state index in [2.05, 4.69) is 39.4 Å². The Hall–Kier alpha value is -2.90. The molecule has 0 unspecified atom stereocenters. The maximum absolute atomic E-state index is 12.3. The van der Waals surface area contributed by atoms with Gasteiger partial charge in [0, 0.05) is 17.8 Å². The van der Waals surface area contributed by atoms with E-state index in [1.165, 1.54) is 0 Å². The molecule has 0 radical (unpaired) electrons. The van der Waals surface area contributed by atoms with E-state index in [0.717, 1.165) is 23.5 Å². The Morgan fingerprint density at radius 1 is 1.40 bits per heavy atom. The minimum Gasteiger partial charge on any atom is -0.461 e. The van der Waals surface area contributed by atoms with Crippen LogP contribution in [0.1, 0.15) is 30.8 Å². The maximum Gasteiger partial charge on any atom is 0.249 e. The molecule has 0 aliphatic heterocycles. The second kappa shape index (κ2) is 6.92. The average molecular weight is 342 g/mol. The molecule has 3 aromatic heterocycles. The summed E-state index contributed by atoms with van der Waals surface area (Å²) in [5.74, 6) is 1.57. The molecule has 3 aromatic rings. The van der Waals surface area contributed by atoms with Crippen molar-refractivity contribution in [3.63, 3.8) is 0 Å². The number of nitrogens with one attached hydrogen (secondary N) is 2. The second-order valence-electron chi connectivity index (χ2n) is 6.44. The number of hydrogen-bond donors (Lipinski definition) is 2. The Kier molecular flexibility index (Phi) is 4.69. The Balaban J connectivity index is 1.68. The number of amides is 1. The monoisotopic (exact) mass is 342 g/mol. The summed E-state index contributed by atoms with van der Waals surface area (Å²) in [5, 5.41) is 14.0. The number of aromatic amines is 1. The molecule has 0 aliphatic rings. The number of H-pyrrole nitrogens is 1. The first-order chi connectivity index (χ1) is 11.9. The third-order valence-corrected chi connectivity index (χ3v) is 3.90. The van der Waals surface area contributed by atoms with E-state index in [4.69, 9.17) is 4.42 Å².